The van der Waals surface area contributed by atoms with Gasteiger partial charge in [0.15, 0.2) is 6.10 Å². The summed E-state index contributed by atoms with van der Waals surface area (Å²) in [4.78, 5) is 21.5. The maximum atomic E-state index is 11.2. The van der Waals surface area contributed by atoms with Gasteiger partial charge in [0.2, 0.25) is 0 Å². The normalized spacial score (nSPS) is 12.2. The summed E-state index contributed by atoms with van der Waals surface area (Å²) in [5, 5.41) is 22.6. The highest BCUT2D eigenvalue weighted by Gasteiger charge is 2.12. The van der Waals surface area contributed by atoms with E-state index in [1.165, 1.54) is 0 Å². The molecule has 0 rings (SSSR count). The van der Waals surface area contributed by atoms with Crippen molar-refractivity contribution in [2.24, 2.45) is 5.92 Å². The number of urea groups is 1. The van der Waals surface area contributed by atoms with Crippen LogP contribution in [0.15, 0.2) is 0 Å². The Kier molecular flexibility index (Phi) is 9.00. The van der Waals surface area contributed by atoms with Gasteiger partial charge in [0, 0.05) is 19.5 Å². The molecule has 0 saturated carbocycles. The van der Waals surface area contributed by atoms with Crippen LogP contribution in [0.5, 0.6) is 0 Å². The van der Waals surface area contributed by atoms with E-state index in [9.17, 15) is 9.59 Å². The molecule has 0 aliphatic carbocycles. The van der Waals surface area contributed by atoms with Gasteiger partial charge in [-0.05, 0) is 12.3 Å². The van der Waals surface area contributed by atoms with E-state index in [1.807, 2.05) is 0 Å². The first-order valence-corrected chi connectivity index (χ1v) is 6.36. The van der Waals surface area contributed by atoms with E-state index in [-0.39, 0.29) is 19.0 Å². The van der Waals surface area contributed by atoms with E-state index >= 15 is 0 Å². The third kappa shape index (κ3) is 9.89. The second-order valence-corrected chi connectivity index (χ2v) is 4.72. The summed E-state index contributed by atoms with van der Waals surface area (Å²) in [5.74, 6) is -0.595. The van der Waals surface area contributed by atoms with Crippen molar-refractivity contribution in [1.82, 2.24) is 10.6 Å². The molecule has 0 aromatic carbocycles. The van der Waals surface area contributed by atoms with E-state index in [0.29, 0.717) is 12.5 Å². The van der Waals surface area contributed by atoms with Gasteiger partial charge in [0.1, 0.15) is 0 Å². The fraction of sp³-hybridized carbons (Fsp3) is 0.833. The standard InChI is InChI=1S/C12H24N2O4/c1-9(2)5-3-4-7-13-12(18)14-8-6-10(15)11(16)17/h9-10,15H,3-8H2,1-2H3,(H,16,17)(H2,13,14,18)/t10-/m0/s1. The van der Waals surface area contributed by atoms with Crippen LogP contribution < -0.4 is 10.6 Å². The molecule has 0 radical (unpaired) electrons. The SMILES string of the molecule is CC(C)CCCCNC(=O)NCC[C@H](O)C(=O)O. The van der Waals surface area contributed by atoms with Crippen molar-refractivity contribution in [2.75, 3.05) is 13.1 Å². The molecule has 0 saturated heterocycles. The van der Waals surface area contributed by atoms with E-state index in [2.05, 4.69) is 24.5 Å². The van der Waals surface area contributed by atoms with Gasteiger partial charge >= 0.3 is 12.0 Å². The van der Waals surface area contributed by atoms with Gasteiger partial charge in [-0.15, -0.1) is 0 Å². The number of unbranched alkanes of at least 4 members (excludes halogenated alkanes) is 1. The molecule has 1 atom stereocenters. The monoisotopic (exact) mass is 260 g/mol. The molecule has 6 nitrogen and oxygen atoms in total. The molecule has 0 aliphatic heterocycles. The number of hydrogen-bond acceptors (Lipinski definition) is 3. The molecule has 4 N–H and O–H groups in total. The lowest BCUT2D eigenvalue weighted by Crippen LogP contribution is -2.38. The van der Waals surface area contributed by atoms with Crippen molar-refractivity contribution in [3.05, 3.63) is 0 Å². The first-order valence-electron chi connectivity index (χ1n) is 6.36. The Balaban J connectivity index is 3.41. The van der Waals surface area contributed by atoms with Gasteiger partial charge in [-0.1, -0.05) is 26.7 Å². The van der Waals surface area contributed by atoms with Crippen molar-refractivity contribution in [2.45, 2.75) is 45.6 Å². The summed E-state index contributed by atoms with van der Waals surface area (Å²) in [6, 6.07) is -0.322. The van der Waals surface area contributed by atoms with Gasteiger partial charge in [0.25, 0.3) is 0 Å². The van der Waals surface area contributed by atoms with E-state index < -0.39 is 12.1 Å². The van der Waals surface area contributed by atoms with Crippen molar-refractivity contribution in [1.29, 1.82) is 0 Å². The van der Waals surface area contributed by atoms with Crippen molar-refractivity contribution in [3.8, 4) is 0 Å². The first kappa shape index (κ1) is 16.7. The Morgan fingerprint density at radius 3 is 2.22 bits per heavy atom. The second-order valence-electron chi connectivity index (χ2n) is 4.72. The lowest BCUT2D eigenvalue weighted by molar-refractivity contribution is -0.146. The first-order chi connectivity index (χ1) is 8.43. The third-order valence-electron chi connectivity index (χ3n) is 2.48. The van der Waals surface area contributed by atoms with Crippen LogP contribution >= 0.6 is 0 Å². The Morgan fingerprint density at radius 1 is 1.06 bits per heavy atom. The number of aliphatic hydroxyl groups is 1. The fourth-order valence-electron chi connectivity index (χ4n) is 1.39. The van der Waals surface area contributed by atoms with Crippen molar-refractivity contribution >= 4 is 12.0 Å². The van der Waals surface area contributed by atoms with Crippen LogP contribution in [0, 0.1) is 5.92 Å². The van der Waals surface area contributed by atoms with E-state index in [4.69, 9.17) is 10.2 Å². The summed E-state index contributed by atoms with van der Waals surface area (Å²) in [7, 11) is 0. The highest BCUT2D eigenvalue weighted by atomic mass is 16.4. The van der Waals surface area contributed by atoms with Crippen LogP contribution in [-0.4, -0.2) is 41.4 Å². The maximum Gasteiger partial charge on any atom is 0.332 e. The number of carbonyl (C=O) groups is 2. The number of aliphatic hydroxyl groups excluding tert-OH is 1. The third-order valence-corrected chi connectivity index (χ3v) is 2.48. The molecule has 0 bridgehead atoms. The van der Waals surface area contributed by atoms with Crippen molar-refractivity contribution < 1.29 is 19.8 Å². The number of hydrogen-bond donors (Lipinski definition) is 4. The molecular weight excluding hydrogens is 236 g/mol. The lowest BCUT2D eigenvalue weighted by Gasteiger charge is -2.09. The largest absolute Gasteiger partial charge is 0.479 e. The molecule has 0 aromatic rings. The minimum atomic E-state index is -1.42. The van der Waals surface area contributed by atoms with Crippen LogP contribution in [0.1, 0.15) is 39.5 Å². The molecular formula is C12H24N2O4. The quantitative estimate of drug-likeness (QED) is 0.464. The van der Waals surface area contributed by atoms with E-state index in [1.54, 1.807) is 0 Å². The fourth-order valence-corrected chi connectivity index (χ4v) is 1.39. The minimum absolute atomic E-state index is 0.0100. The molecule has 0 aliphatic rings. The molecule has 0 fully saturated rings. The Hall–Kier alpha value is -1.30. The number of aliphatic carboxylic acids is 1. The molecule has 18 heavy (non-hydrogen) atoms. The number of nitrogens with one attached hydrogen (secondary N) is 2. The highest BCUT2D eigenvalue weighted by Crippen LogP contribution is 2.04. The van der Waals surface area contributed by atoms with Crippen LogP contribution in [-0.2, 0) is 4.79 Å². The van der Waals surface area contributed by atoms with Gasteiger partial charge < -0.3 is 20.8 Å². The zero-order chi connectivity index (χ0) is 14.0. The summed E-state index contributed by atoms with van der Waals surface area (Å²) in [6.45, 7) is 5.08. The summed E-state index contributed by atoms with van der Waals surface area (Å²) >= 11 is 0. The highest BCUT2D eigenvalue weighted by molar-refractivity contribution is 5.74. The molecule has 6 heteroatoms. The number of carboxylic acids is 1. The Labute approximate surface area is 108 Å². The van der Waals surface area contributed by atoms with Crippen LogP contribution in [0.25, 0.3) is 0 Å². The average molecular weight is 260 g/mol. The number of rotatable bonds is 9. The lowest BCUT2D eigenvalue weighted by atomic mass is 10.1. The Morgan fingerprint density at radius 2 is 1.67 bits per heavy atom. The minimum Gasteiger partial charge on any atom is -0.479 e. The predicted molar refractivity (Wildman–Crippen MR) is 68.4 cm³/mol. The number of carboxylic acid groups (broad SMARTS) is 1. The molecule has 0 unspecified atom stereocenters. The molecule has 0 aromatic heterocycles. The predicted octanol–water partition coefficient (Wildman–Crippen LogP) is 0.948. The van der Waals surface area contributed by atoms with Crippen LogP contribution in [0.4, 0.5) is 4.79 Å². The van der Waals surface area contributed by atoms with Gasteiger partial charge in [-0.2, -0.15) is 0 Å². The molecule has 0 heterocycles. The van der Waals surface area contributed by atoms with Crippen LogP contribution in [0.3, 0.4) is 0 Å². The second kappa shape index (κ2) is 9.70. The summed E-state index contributed by atoms with van der Waals surface area (Å²) in [5.41, 5.74) is 0. The number of amides is 2. The zero-order valence-corrected chi connectivity index (χ0v) is 11.1. The van der Waals surface area contributed by atoms with Crippen molar-refractivity contribution in [3.63, 3.8) is 0 Å². The molecule has 0 spiro atoms. The number of carbonyl (C=O) groups excluding carboxylic acids is 1. The smallest absolute Gasteiger partial charge is 0.332 e. The Bertz CT molecular complexity index is 256. The van der Waals surface area contributed by atoms with Gasteiger partial charge in [-0.25, -0.2) is 9.59 Å². The molecule has 2 amide bonds. The topological polar surface area (TPSA) is 98.7 Å². The zero-order valence-electron chi connectivity index (χ0n) is 11.1. The molecule has 106 valence electrons. The van der Waals surface area contributed by atoms with Gasteiger partial charge in [-0.3, -0.25) is 0 Å². The summed E-state index contributed by atoms with van der Waals surface area (Å²) < 4.78 is 0. The van der Waals surface area contributed by atoms with Crippen LogP contribution in [0.2, 0.25) is 0 Å². The average Bonchev–Trinajstić information content (AvgIpc) is 2.27. The summed E-state index contributed by atoms with van der Waals surface area (Å²) in [6.07, 6.45) is 1.75. The van der Waals surface area contributed by atoms with Gasteiger partial charge in [0.05, 0.1) is 0 Å². The van der Waals surface area contributed by atoms with E-state index in [0.717, 1.165) is 19.3 Å². The maximum absolute atomic E-state index is 11.2.